The van der Waals surface area contributed by atoms with Crippen molar-refractivity contribution in [3.8, 4) is 6.07 Å². The van der Waals surface area contributed by atoms with Crippen molar-refractivity contribution < 1.29 is 4.79 Å². The number of nitrogens with one attached hydrogen (secondary N) is 2. The predicted octanol–water partition coefficient (Wildman–Crippen LogP) is 2.93. The van der Waals surface area contributed by atoms with E-state index in [1.54, 1.807) is 12.1 Å². The molecule has 0 aliphatic heterocycles. The highest BCUT2D eigenvalue weighted by Gasteiger charge is 2.08. The molecule has 1 aromatic carbocycles. The molecule has 0 aliphatic rings. The zero-order valence-electron chi connectivity index (χ0n) is 12.9. The van der Waals surface area contributed by atoms with E-state index >= 15 is 0 Å². The van der Waals surface area contributed by atoms with Crippen LogP contribution in [0.25, 0.3) is 0 Å². The van der Waals surface area contributed by atoms with Gasteiger partial charge in [0.2, 0.25) is 5.91 Å². The second-order valence-electron chi connectivity index (χ2n) is 5.22. The predicted molar refractivity (Wildman–Crippen MR) is 86.7 cm³/mol. The molecule has 112 valence electrons. The Kier molecular flexibility index (Phi) is 4.74. The van der Waals surface area contributed by atoms with Gasteiger partial charge >= 0.3 is 0 Å². The lowest BCUT2D eigenvalue weighted by molar-refractivity contribution is -0.114. The summed E-state index contributed by atoms with van der Waals surface area (Å²) in [6.45, 7) is 6.10. The lowest BCUT2D eigenvalue weighted by Gasteiger charge is -2.13. The summed E-state index contributed by atoms with van der Waals surface area (Å²) >= 11 is 0. The number of aromatic nitrogens is 1. The minimum atomic E-state index is -0.138. The van der Waals surface area contributed by atoms with E-state index in [1.807, 2.05) is 39.0 Å². The molecule has 5 heteroatoms. The van der Waals surface area contributed by atoms with Gasteiger partial charge in [-0.1, -0.05) is 17.7 Å². The third kappa shape index (κ3) is 3.83. The van der Waals surface area contributed by atoms with Crippen LogP contribution in [0, 0.1) is 32.1 Å². The number of anilines is 2. The van der Waals surface area contributed by atoms with Crippen LogP contribution >= 0.6 is 0 Å². The molecule has 0 atom stereocenters. The topological polar surface area (TPSA) is 77.8 Å². The number of nitriles is 1. The van der Waals surface area contributed by atoms with Crippen molar-refractivity contribution in [2.45, 2.75) is 20.8 Å². The maximum Gasteiger partial charge on any atom is 0.243 e. The molecule has 2 aromatic rings. The summed E-state index contributed by atoms with van der Waals surface area (Å²) in [5.74, 6) is 0.424. The Bertz CT molecular complexity index is 706. The number of hydrogen-bond acceptors (Lipinski definition) is 4. The molecule has 0 radical (unpaired) electrons. The van der Waals surface area contributed by atoms with E-state index < -0.39 is 0 Å². The van der Waals surface area contributed by atoms with Crippen LogP contribution in [0.3, 0.4) is 0 Å². The summed E-state index contributed by atoms with van der Waals surface area (Å²) in [7, 11) is 0. The highest BCUT2D eigenvalue weighted by Crippen LogP contribution is 2.21. The molecular formula is C17H18N4O. The van der Waals surface area contributed by atoms with Gasteiger partial charge in [-0.2, -0.15) is 5.26 Å². The fraction of sp³-hybridized carbons (Fsp3) is 0.235. The zero-order chi connectivity index (χ0) is 16.1. The minimum Gasteiger partial charge on any atom is -0.361 e. The summed E-state index contributed by atoms with van der Waals surface area (Å²) in [5.41, 5.74) is 4.60. The third-order valence-corrected chi connectivity index (χ3v) is 3.26. The Balaban J connectivity index is 1.97. The van der Waals surface area contributed by atoms with Gasteiger partial charge in [0.15, 0.2) is 0 Å². The first-order valence-corrected chi connectivity index (χ1v) is 6.97. The third-order valence-electron chi connectivity index (χ3n) is 3.26. The molecule has 0 saturated carbocycles. The molecule has 0 aliphatic carbocycles. The van der Waals surface area contributed by atoms with E-state index in [1.165, 1.54) is 11.8 Å². The standard InChI is InChI=1S/C17H18N4O/c1-11-6-12(2)17(13(3)7-11)21-16(22)10-20-15-5-4-14(8-18)9-19-15/h4-7,9H,10H2,1-3H3,(H,19,20)(H,21,22). The molecule has 0 unspecified atom stereocenters. The fourth-order valence-corrected chi connectivity index (χ4v) is 2.30. The summed E-state index contributed by atoms with van der Waals surface area (Å²) in [5, 5.41) is 14.6. The van der Waals surface area contributed by atoms with E-state index in [-0.39, 0.29) is 12.5 Å². The van der Waals surface area contributed by atoms with Gasteiger partial charge in [-0.05, 0) is 44.0 Å². The van der Waals surface area contributed by atoms with Crippen molar-refractivity contribution in [3.05, 3.63) is 52.7 Å². The number of benzene rings is 1. The summed E-state index contributed by atoms with van der Waals surface area (Å²) in [6, 6.07) is 9.41. The van der Waals surface area contributed by atoms with E-state index in [0.29, 0.717) is 11.4 Å². The first-order chi connectivity index (χ1) is 10.5. The number of rotatable bonds is 4. The second kappa shape index (κ2) is 6.72. The first kappa shape index (κ1) is 15.5. The molecule has 22 heavy (non-hydrogen) atoms. The molecule has 0 saturated heterocycles. The van der Waals surface area contributed by atoms with Crippen LogP contribution in [0.5, 0.6) is 0 Å². The van der Waals surface area contributed by atoms with Crippen molar-refractivity contribution >= 4 is 17.4 Å². The van der Waals surface area contributed by atoms with Gasteiger partial charge in [-0.3, -0.25) is 4.79 Å². The fourth-order valence-electron chi connectivity index (χ4n) is 2.30. The van der Waals surface area contributed by atoms with Gasteiger partial charge in [-0.25, -0.2) is 4.98 Å². The van der Waals surface area contributed by atoms with Crippen molar-refractivity contribution in [3.63, 3.8) is 0 Å². The number of carbonyl (C=O) groups is 1. The highest BCUT2D eigenvalue weighted by molar-refractivity contribution is 5.95. The molecule has 2 rings (SSSR count). The molecule has 0 fully saturated rings. The van der Waals surface area contributed by atoms with Gasteiger partial charge in [0, 0.05) is 11.9 Å². The minimum absolute atomic E-state index is 0.117. The van der Waals surface area contributed by atoms with Crippen LogP contribution < -0.4 is 10.6 Å². The SMILES string of the molecule is Cc1cc(C)c(NC(=O)CNc2ccc(C#N)cn2)c(C)c1. The van der Waals surface area contributed by atoms with Crippen molar-refractivity contribution in [1.29, 1.82) is 5.26 Å². The Morgan fingerprint density at radius 2 is 1.91 bits per heavy atom. The molecule has 1 amide bonds. The number of hydrogen-bond donors (Lipinski definition) is 2. The Morgan fingerprint density at radius 1 is 1.23 bits per heavy atom. The van der Waals surface area contributed by atoms with Crippen LogP contribution in [0.15, 0.2) is 30.5 Å². The zero-order valence-corrected chi connectivity index (χ0v) is 12.9. The average molecular weight is 294 g/mol. The lowest BCUT2D eigenvalue weighted by atomic mass is 10.1. The average Bonchev–Trinajstić information content (AvgIpc) is 2.49. The van der Waals surface area contributed by atoms with E-state index in [9.17, 15) is 4.79 Å². The number of aryl methyl sites for hydroxylation is 3. The Morgan fingerprint density at radius 3 is 2.45 bits per heavy atom. The van der Waals surface area contributed by atoms with E-state index in [4.69, 9.17) is 5.26 Å². The lowest BCUT2D eigenvalue weighted by Crippen LogP contribution is -2.23. The van der Waals surface area contributed by atoms with Gasteiger partial charge < -0.3 is 10.6 Å². The molecular weight excluding hydrogens is 276 g/mol. The normalized spacial score (nSPS) is 9.91. The van der Waals surface area contributed by atoms with Crippen molar-refractivity contribution in [2.24, 2.45) is 0 Å². The van der Waals surface area contributed by atoms with Gasteiger partial charge in [0.1, 0.15) is 11.9 Å². The molecule has 1 heterocycles. The first-order valence-electron chi connectivity index (χ1n) is 6.97. The van der Waals surface area contributed by atoms with Crippen molar-refractivity contribution in [1.82, 2.24) is 4.98 Å². The van der Waals surface area contributed by atoms with Crippen LogP contribution in [-0.2, 0) is 4.79 Å². The van der Waals surface area contributed by atoms with Crippen LogP contribution in [0.2, 0.25) is 0 Å². The van der Waals surface area contributed by atoms with Crippen molar-refractivity contribution in [2.75, 3.05) is 17.2 Å². The Labute approximate surface area is 130 Å². The van der Waals surface area contributed by atoms with Crippen LogP contribution in [0.4, 0.5) is 11.5 Å². The van der Waals surface area contributed by atoms with Crippen LogP contribution in [0.1, 0.15) is 22.3 Å². The maximum absolute atomic E-state index is 12.0. The molecule has 0 spiro atoms. The monoisotopic (exact) mass is 294 g/mol. The smallest absolute Gasteiger partial charge is 0.243 e. The molecule has 2 N–H and O–H groups in total. The number of pyridine rings is 1. The number of nitrogens with zero attached hydrogens (tertiary/aromatic N) is 2. The number of amides is 1. The Hall–Kier alpha value is -2.87. The number of carbonyl (C=O) groups excluding carboxylic acids is 1. The summed E-state index contributed by atoms with van der Waals surface area (Å²) in [6.07, 6.45) is 1.47. The highest BCUT2D eigenvalue weighted by atomic mass is 16.1. The van der Waals surface area contributed by atoms with Gasteiger partial charge in [0.25, 0.3) is 0 Å². The summed E-state index contributed by atoms with van der Waals surface area (Å²) < 4.78 is 0. The van der Waals surface area contributed by atoms with Crippen LogP contribution in [-0.4, -0.2) is 17.4 Å². The largest absolute Gasteiger partial charge is 0.361 e. The van der Waals surface area contributed by atoms with Gasteiger partial charge in [-0.15, -0.1) is 0 Å². The molecule has 1 aromatic heterocycles. The van der Waals surface area contributed by atoms with E-state index in [0.717, 1.165) is 16.8 Å². The summed E-state index contributed by atoms with van der Waals surface area (Å²) in [4.78, 5) is 16.1. The van der Waals surface area contributed by atoms with E-state index in [2.05, 4.69) is 15.6 Å². The second-order valence-corrected chi connectivity index (χ2v) is 5.22. The molecule has 5 nitrogen and oxygen atoms in total. The quantitative estimate of drug-likeness (QED) is 0.908. The maximum atomic E-state index is 12.0. The van der Waals surface area contributed by atoms with Gasteiger partial charge in [0.05, 0.1) is 12.1 Å². The molecule has 0 bridgehead atoms.